The lowest BCUT2D eigenvalue weighted by Crippen LogP contribution is -2.01. The third-order valence-electron chi connectivity index (χ3n) is 5.69. The maximum absolute atomic E-state index is 11.1. The van der Waals surface area contributed by atoms with E-state index in [2.05, 4.69) is 54.0 Å². The average Bonchev–Trinajstić information content (AvgIpc) is 3.18. The lowest BCUT2D eigenvalue weighted by Gasteiger charge is -2.11. The number of nitro groups is 1. The summed E-state index contributed by atoms with van der Waals surface area (Å²) in [6.45, 7) is 3.03. The van der Waals surface area contributed by atoms with Gasteiger partial charge in [0.2, 0.25) is 0 Å². The monoisotopic (exact) mass is 395 g/mol. The van der Waals surface area contributed by atoms with E-state index in [1.165, 1.54) is 16.2 Å². The van der Waals surface area contributed by atoms with Crippen molar-refractivity contribution in [2.24, 2.45) is 0 Å². The van der Waals surface area contributed by atoms with Crippen molar-refractivity contribution in [2.45, 2.75) is 26.3 Å². The fourth-order valence-electron chi connectivity index (χ4n) is 4.25. The molecule has 0 aliphatic heterocycles. The summed E-state index contributed by atoms with van der Waals surface area (Å²) in [5.74, 6) is 0.856. The number of benzene rings is 4. The molecular weight excluding hydrogens is 374 g/mol. The van der Waals surface area contributed by atoms with Gasteiger partial charge in [-0.05, 0) is 29.3 Å². The number of imidazole rings is 1. The van der Waals surface area contributed by atoms with Gasteiger partial charge in [0.1, 0.15) is 5.82 Å². The van der Waals surface area contributed by atoms with Crippen LogP contribution in [0, 0.1) is 10.1 Å². The molecule has 0 atom stereocenters. The molecule has 0 saturated heterocycles. The highest BCUT2D eigenvalue weighted by molar-refractivity contribution is 6.23. The van der Waals surface area contributed by atoms with E-state index in [1.54, 1.807) is 24.3 Å². The van der Waals surface area contributed by atoms with Crippen LogP contribution in [-0.2, 0) is 6.54 Å². The number of rotatable bonds is 5. The number of unbranched alkanes of at least 4 members (excludes halogenated alkanes) is 1. The van der Waals surface area contributed by atoms with Crippen LogP contribution in [0.3, 0.4) is 0 Å². The van der Waals surface area contributed by atoms with Crippen LogP contribution in [0.4, 0.5) is 5.69 Å². The minimum absolute atomic E-state index is 0.0888. The zero-order valence-corrected chi connectivity index (χ0v) is 16.7. The van der Waals surface area contributed by atoms with Crippen LogP contribution in [0.25, 0.3) is 44.0 Å². The van der Waals surface area contributed by atoms with Gasteiger partial charge in [-0.1, -0.05) is 61.9 Å². The third-order valence-corrected chi connectivity index (χ3v) is 5.69. The molecule has 0 N–H and O–H groups in total. The second kappa shape index (κ2) is 7.26. The first-order valence-electron chi connectivity index (χ1n) is 10.2. The number of nitrogens with zero attached hydrogens (tertiary/aromatic N) is 3. The van der Waals surface area contributed by atoms with Crippen molar-refractivity contribution in [3.8, 4) is 11.4 Å². The fraction of sp³-hybridized carbons (Fsp3) is 0.160. The summed E-state index contributed by atoms with van der Waals surface area (Å²) in [6.07, 6.45) is 2.11. The highest BCUT2D eigenvalue weighted by atomic mass is 16.6. The van der Waals surface area contributed by atoms with E-state index < -0.39 is 0 Å². The molecule has 1 aromatic heterocycles. The summed E-state index contributed by atoms with van der Waals surface area (Å²) < 4.78 is 2.29. The molecule has 1 heterocycles. The second-order valence-electron chi connectivity index (χ2n) is 7.53. The molecule has 0 unspecified atom stereocenters. The van der Waals surface area contributed by atoms with E-state index in [-0.39, 0.29) is 10.6 Å². The fourth-order valence-corrected chi connectivity index (χ4v) is 4.25. The average molecular weight is 395 g/mol. The van der Waals surface area contributed by atoms with Crippen LogP contribution >= 0.6 is 0 Å². The van der Waals surface area contributed by atoms with Crippen LogP contribution < -0.4 is 0 Å². The van der Waals surface area contributed by atoms with Gasteiger partial charge < -0.3 is 4.57 Å². The van der Waals surface area contributed by atoms with Crippen molar-refractivity contribution < 1.29 is 4.92 Å². The first-order chi connectivity index (χ1) is 14.7. The molecule has 0 aliphatic rings. The van der Waals surface area contributed by atoms with E-state index in [4.69, 9.17) is 4.98 Å². The number of aromatic nitrogens is 2. The lowest BCUT2D eigenvalue weighted by atomic mass is 10.00. The molecular formula is C25H21N3O2. The van der Waals surface area contributed by atoms with Crippen molar-refractivity contribution in [3.63, 3.8) is 0 Å². The van der Waals surface area contributed by atoms with Crippen LogP contribution in [-0.4, -0.2) is 14.5 Å². The lowest BCUT2D eigenvalue weighted by molar-refractivity contribution is -0.384. The summed E-state index contributed by atoms with van der Waals surface area (Å²) >= 11 is 0. The normalized spacial score (nSPS) is 11.5. The van der Waals surface area contributed by atoms with E-state index in [0.717, 1.165) is 47.2 Å². The maximum Gasteiger partial charge on any atom is 0.269 e. The highest BCUT2D eigenvalue weighted by Crippen LogP contribution is 2.37. The van der Waals surface area contributed by atoms with E-state index in [0.29, 0.717) is 0 Å². The minimum Gasteiger partial charge on any atom is -0.323 e. The van der Waals surface area contributed by atoms with Gasteiger partial charge in [-0.15, -0.1) is 0 Å². The van der Waals surface area contributed by atoms with Gasteiger partial charge in [-0.2, -0.15) is 0 Å². The van der Waals surface area contributed by atoms with Gasteiger partial charge >= 0.3 is 0 Å². The molecule has 5 aromatic rings. The first-order valence-corrected chi connectivity index (χ1v) is 10.2. The van der Waals surface area contributed by atoms with Gasteiger partial charge in [0.15, 0.2) is 0 Å². The Morgan fingerprint density at radius 2 is 1.47 bits per heavy atom. The van der Waals surface area contributed by atoms with Crippen molar-refractivity contribution in [3.05, 3.63) is 82.9 Å². The Balaban J connectivity index is 1.88. The summed E-state index contributed by atoms with van der Waals surface area (Å²) in [6, 6.07) is 23.5. The van der Waals surface area contributed by atoms with Gasteiger partial charge in [0, 0.05) is 35.0 Å². The molecule has 148 valence electrons. The summed E-state index contributed by atoms with van der Waals surface area (Å²) in [4.78, 5) is 15.8. The number of hydrogen-bond acceptors (Lipinski definition) is 3. The molecule has 30 heavy (non-hydrogen) atoms. The van der Waals surface area contributed by atoms with Crippen LogP contribution in [0.2, 0.25) is 0 Å². The van der Waals surface area contributed by atoms with Gasteiger partial charge in [0.05, 0.1) is 16.0 Å². The second-order valence-corrected chi connectivity index (χ2v) is 7.53. The van der Waals surface area contributed by atoms with Gasteiger partial charge in [0.25, 0.3) is 5.69 Å². The molecule has 4 aromatic carbocycles. The molecule has 5 rings (SSSR count). The molecule has 0 bridgehead atoms. The molecule has 5 heteroatoms. The molecule has 0 fully saturated rings. The Kier molecular flexibility index (Phi) is 4.43. The van der Waals surface area contributed by atoms with Crippen LogP contribution in [0.15, 0.2) is 72.8 Å². The topological polar surface area (TPSA) is 61.0 Å². The third kappa shape index (κ3) is 2.82. The van der Waals surface area contributed by atoms with Crippen molar-refractivity contribution in [1.29, 1.82) is 0 Å². The van der Waals surface area contributed by atoms with E-state index in [9.17, 15) is 10.1 Å². The predicted molar refractivity (Wildman–Crippen MR) is 122 cm³/mol. The standard InChI is InChI=1S/C25H21N3O2/c1-2-3-16-27-24-22-11-7-5-9-20(22)19-8-4-6-10-21(19)23(24)26-25(27)17-12-14-18(15-13-17)28(29)30/h4-15H,2-3,16H2,1H3. The molecule has 0 aliphatic carbocycles. The van der Waals surface area contributed by atoms with Gasteiger partial charge in [-0.25, -0.2) is 4.98 Å². The largest absolute Gasteiger partial charge is 0.323 e. The van der Waals surface area contributed by atoms with Gasteiger partial charge in [-0.3, -0.25) is 10.1 Å². The zero-order chi connectivity index (χ0) is 20.7. The Hall–Kier alpha value is -3.73. The summed E-state index contributed by atoms with van der Waals surface area (Å²) in [7, 11) is 0. The first kappa shape index (κ1) is 18.3. The quantitative estimate of drug-likeness (QED) is 0.189. The van der Waals surface area contributed by atoms with E-state index in [1.807, 2.05) is 6.07 Å². The number of non-ortho nitro benzene ring substituents is 1. The molecule has 5 nitrogen and oxygen atoms in total. The van der Waals surface area contributed by atoms with Crippen LogP contribution in [0.1, 0.15) is 19.8 Å². The molecule has 0 radical (unpaired) electrons. The van der Waals surface area contributed by atoms with Crippen LogP contribution in [0.5, 0.6) is 0 Å². The zero-order valence-electron chi connectivity index (χ0n) is 16.7. The summed E-state index contributed by atoms with van der Waals surface area (Å²) in [5, 5.41) is 15.8. The molecule has 0 amide bonds. The Morgan fingerprint density at radius 1 is 0.867 bits per heavy atom. The number of aryl methyl sites for hydroxylation is 1. The molecule has 0 saturated carbocycles. The van der Waals surface area contributed by atoms with E-state index >= 15 is 0 Å². The Morgan fingerprint density at radius 3 is 2.10 bits per heavy atom. The number of nitro benzene ring substituents is 1. The predicted octanol–water partition coefficient (Wildman–Crippen LogP) is 6.72. The number of hydrogen-bond donors (Lipinski definition) is 0. The SMILES string of the molecule is CCCCn1c(-c2ccc([N+](=O)[O-])cc2)nc2c3ccccc3c3ccccc3c21. The van der Waals surface area contributed by atoms with Crippen molar-refractivity contribution >= 4 is 38.3 Å². The van der Waals surface area contributed by atoms with Crippen molar-refractivity contribution in [2.75, 3.05) is 0 Å². The molecule has 0 spiro atoms. The Labute approximate surface area is 173 Å². The highest BCUT2D eigenvalue weighted by Gasteiger charge is 2.19. The smallest absolute Gasteiger partial charge is 0.269 e. The minimum atomic E-state index is -0.370. The maximum atomic E-state index is 11.1. The van der Waals surface area contributed by atoms with Crippen molar-refractivity contribution in [1.82, 2.24) is 9.55 Å². The number of fused-ring (bicyclic) bond motifs is 6. The summed E-state index contributed by atoms with van der Waals surface area (Å²) in [5.41, 5.74) is 3.09. The Bertz CT molecular complexity index is 1400.